The predicted molar refractivity (Wildman–Crippen MR) is 61.1 cm³/mol. The average molecular weight is 193 g/mol. The van der Waals surface area contributed by atoms with Crippen LogP contribution in [0.15, 0.2) is 18.2 Å². The van der Waals surface area contributed by atoms with E-state index in [1.165, 1.54) is 11.3 Å². The van der Waals surface area contributed by atoms with Crippen molar-refractivity contribution >= 4 is 5.69 Å². The zero-order valence-electron chi connectivity index (χ0n) is 9.42. The molecule has 0 atom stereocenters. The van der Waals surface area contributed by atoms with Crippen molar-refractivity contribution in [2.45, 2.75) is 20.8 Å². The maximum Gasteiger partial charge on any atom is 0.119 e. The van der Waals surface area contributed by atoms with Crippen molar-refractivity contribution < 1.29 is 4.74 Å². The first kappa shape index (κ1) is 10.9. The van der Waals surface area contributed by atoms with E-state index in [1.807, 2.05) is 12.1 Å². The molecule has 0 fully saturated rings. The molecule has 0 aliphatic rings. The predicted octanol–water partition coefficient (Wildman–Crippen LogP) is 3.07. The summed E-state index contributed by atoms with van der Waals surface area (Å²) in [6.07, 6.45) is 0. The largest absolute Gasteiger partial charge is 0.497 e. The number of hydrogen-bond acceptors (Lipinski definition) is 2. The van der Waals surface area contributed by atoms with Gasteiger partial charge < -0.3 is 10.1 Å². The van der Waals surface area contributed by atoms with Gasteiger partial charge in [0.2, 0.25) is 0 Å². The quantitative estimate of drug-likeness (QED) is 0.793. The maximum absolute atomic E-state index is 5.15. The second-order valence-electron chi connectivity index (χ2n) is 3.96. The Morgan fingerprint density at radius 2 is 2.07 bits per heavy atom. The summed E-state index contributed by atoms with van der Waals surface area (Å²) in [5, 5.41) is 3.41. The fourth-order valence-corrected chi connectivity index (χ4v) is 1.28. The smallest absolute Gasteiger partial charge is 0.119 e. The van der Waals surface area contributed by atoms with Crippen LogP contribution in [0.4, 0.5) is 5.69 Å². The molecule has 0 saturated carbocycles. The second-order valence-corrected chi connectivity index (χ2v) is 3.96. The normalized spacial score (nSPS) is 10.4. The topological polar surface area (TPSA) is 21.3 Å². The summed E-state index contributed by atoms with van der Waals surface area (Å²) in [5.41, 5.74) is 2.42. The monoisotopic (exact) mass is 193 g/mol. The van der Waals surface area contributed by atoms with Crippen molar-refractivity contribution in [1.82, 2.24) is 0 Å². The number of rotatable bonds is 4. The van der Waals surface area contributed by atoms with Gasteiger partial charge in [-0.2, -0.15) is 0 Å². The lowest BCUT2D eigenvalue weighted by molar-refractivity contribution is 0.414. The highest BCUT2D eigenvalue weighted by Gasteiger charge is 2.00. The van der Waals surface area contributed by atoms with Crippen molar-refractivity contribution in [1.29, 1.82) is 0 Å². The number of methoxy groups -OCH3 is 1. The lowest BCUT2D eigenvalue weighted by atomic mass is 10.1. The van der Waals surface area contributed by atoms with E-state index in [2.05, 4.69) is 32.2 Å². The number of aryl methyl sites for hydroxylation is 1. The van der Waals surface area contributed by atoms with E-state index in [4.69, 9.17) is 4.74 Å². The first-order valence-corrected chi connectivity index (χ1v) is 5.02. The van der Waals surface area contributed by atoms with Crippen molar-refractivity contribution in [2.24, 2.45) is 5.92 Å². The van der Waals surface area contributed by atoms with Gasteiger partial charge in [0, 0.05) is 12.2 Å². The van der Waals surface area contributed by atoms with Gasteiger partial charge in [-0.15, -0.1) is 0 Å². The molecule has 0 saturated heterocycles. The summed E-state index contributed by atoms with van der Waals surface area (Å²) >= 11 is 0. The molecule has 0 aromatic heterocycles. The van der Waals surface area contributed by atoms with Gasteiger partial charge in [-0.3, -0.25) is 0 Å². The van der Waals surface area contributed by atoms with Gasteiger partial charge in [0.25, 0.3) is 0 Å². The summed E-state index contributed by atoms with van der Waals surface area (Å²) in [6.45, 7) is 7.50. The van der Waals surface area contributed by atoms with Crippen molar-refractivity contribution in [3.8, 4) is 5.75 Å². The van der Waals surface area contributed by atoms with E-state index in [0.29, 0.717) is 5.92 Å². The molecule has 0 amide bonds. The van der Waals surface area contributed by atoms with Gasteiger partial charge in [0.15, 0.2) is 0 Å². The summed E-state index contributed by atoms with van der Waals surface area (Å²) < 4.78 is 5.15. The Hall–Kier alpha value is -1.18. The van der Waals surface area contributed by atoms with Gasteiger partial charge in [-0.25, -0.2) is 0 Å². The SMILES string of the molecule is COc1ccc(NCC(C)C)c(C)c1. The summed E-state index contributed by atoms with van der Waals surface area (Å²) in [6, 6.07) is 6.09. The highest BCUT2D eigenvalue weighted by atomic mass is 16.5. The van der Waals surface area contributed by atoms with Crippen LogP contribution in [0.5, 0.6) is 5.75 Å². The van der Waals surface area contributed by atoms with Crippen molar-refractivity contribution in [3.63, 3.8) is 0 Å². The molecule has 0 bridgehead atoms. The van der Waals surface area contributed by atoms with Gasteiger partial charge in [-0.1, -0.05) is 13.8 Å². The molecule has 1 N–H and O–H groups in total. The first-order valence-electron chi connectivity index (χ1n) is 5.02. The first-order chi connectivity index (χ1) is 6.63. The summed E-state index contributed by atoms with van der Waals surface area (Å²) in [4.78, 5) is 0. The van der Waals surface area contributed by atoms with Gasteiger partial charge in [0.05, 0.1) is 7.11 Å². The lowest BCUT2D eigenvalue weighted by Crippen LogP contribution is -2.08. The Morgan fingerprint density at radius 3 is 2.57 bits per heavy atom. The molecule has 0 spiro atoms. The van der Waals surface area contributed by atoms with E-state index >= 15 is 0 Å². The standard InChI is InChI=1S/C12H19NO/c1-9(2)8-13-12-6-5-11(14-4)7-10(12)3/h5-7,9,13H,8H2,1-4H3. The average Bonchev–Trinajstić information content (AvgIpc) is 2.15. The van der Waals surface area contributed by atoms with E-state index in [-0.39, 0.29) is 0 Å². The molecule has 1 aromatic rings. The van der Waals surface area contributed by atoms with Crippen LogP contribution < -0.4 is 10.1 Å². The van der Waals surface area contributed by atoms with Crippen LogP contribution in [0.25, 0.3) is 0 Å². The van der Waals surface area contributed by atoms with Crippen molar-refractivity contribution in [3.05, 3.63) is 23.8 Å². The molecule has 0 aliphatic carbocycles. The highest BCUT2D eigenvalue weighted by molar-refractivity contribution is 5.53. The van der Waals surface area contributed by atoms with Crippen LogP contribution in [0.3, 0.4) is 0 Å². The molecule has 0 unspecified atom stereocenters. The fourth-order valence-electron chi connectivity index (χ4n) is 1.28. The molecule has 2 heteroatoms. The van der Waals surface area contributed by atoms with Gasteiger partial charge in [0.1, 0.15) is 5.75 Å². The molecule has 78 valence electrons. The fraction of sp³-hybridized carbons (Fsp3) is 0.500. The highest BCUT2D eigenvalue weighted by Crippen LogP contribution is 2.20. The van der Waals surface area contributed by atoms with Gasteiger partial charge >= 0.3 is 0 Å². The zero-order valence-corrected chi connectivity index (χ0v) is 9.42. The number of benzene rings is 1. The Labute approximate surface area is 86.3 Å². The summed E-state index contributed by atoms with van der Waals surface area (Å²) in [7, 11) is 1.69. The molecule has 2 nitrogen and oxygen atoms in total. The third-order valence-corrected chi connectivity index (χ3v) is 2.13. The number of nitrogens with one attached hydrogen (secondary N) is 1. The van der Waals surface area contributed by atoms with E-state index in [9.17, 15) is 0 Å². The van der Waals surface area contributed by atoms with E-state index in [1.54, 1.807) is 7.11 Å². The van der Waals surface area contributed by atoms with Gasteiger partial charge in [-0.05, 0) is 36.6 Å². The molecule has 1 rings (SSSR count). The Balaban J connectivity index is 2.69. The van der Waals surface area contributed by atoms with Crippen LogP contribution in [-0.4, -0.2) is 13.7 Å². The number of ether oxygens (including phenoxy) is 1. The maximum atomic E-state index is 5.15. The third kappa shape index (κ3) is 2.95. The molecule has 0 heterocycles. The molecule has 0 aliphatic heterocycles. The zero-order chi connectivity index (χ0) is 10.6. The van der Waals surface area contributed by atoms with E-state index in [0.717, 1.165) is 12.3 Å². The van der Waals surface area contributed by atoms with Crippen LogP contribution in [0.1, 0.15) is 19.4 Å². The van der Waals surface area contributed by atoms with Crippen LogP contribution in [-0.2, 0) is 0 Å². The van der Waals surface area contributed by atoms with E-state index < -0.39 is 0 Å². The lowest BCUT2D eigenvalue weighted by Gasteiger charge is -2.12. The summed E-state index contributed by atoms with van der Waals surface area (Å²) in [5.74, 6) is 1.58. The molecular weight excluding hydrogens is 174 g/mol. The molecule has 1 aromatic carbocycles. The number of hydrogen-bond donors (Lipinski definition) is 1. The minimum Gasteiger partial charge on any atom is -0.497 e. The Bertz CT molecular complexity index is 294. The molecule has 14 heavy (non-hydrogen) atoms. The van der Waals surface area contributed by atoms with Crippen LogP contribution in [0.2, 0.25) is 0 Å². The van der Waals surface area contributed by atoms with Crippen LogP contribution >= 0.6 is 0 Å². The second kappa shape index (κ2) is 4.89. The minimum absolute atomic E-state index is 0.663. The number of anilines is 1. The Kier molecular flexibility index (Phi) is 3.81. The minimum atomic E-state index is 0.663. The van der Waals surface area contributed by atoms with Crippen LogP contribution in [0, 0.1) is 12.8 Å². The van der Waals surface area contributed by atoms with Crippen molar-refractivity contribution in [2.75, 3.05) is 19.0 Å². The molecular formula is C12H19NO. The Morgan fingerprint density at radius 1 is 1.36 bits per heavy atom. The molecule has 0 radical (unpaired) electrons. The third-order valence-electron chi connectivity index (χ3n) is 2.13.